The summed E-state index contributed by atoms with van der Waals surface area (Å²) in [7, 11) is 0. The van der Waals surface area contributed by atoms with Crippen LogP contribution in [0.3, 0.4) is 0 Å². The average molecular weight is 189 g/mol. The van der Waals surface area contributed by atoms with E-state index in [-0.39, 0.29) is 0 Å². The van der Waals surface area contributed by atoms with Crippen molar-refractivity contribution in [1.82, 2.24) is 9.97 Å². The Morgan fingerprint density at radius 3 is 2.79 bits per heavy atom. The van der Waals surface area contributed by atoms with Crippen molar-refractivity contribution in [2.45, 2.75) is 33.1 Å². The SMILES string of the molecule is Cc1nc(N)nc2c1[C@H]1[C@@H](C2)C1(C)C. The Morgan fingerprint density at radius 1 is 1.36 bits per heavy atom. The molecule has 2 aliphatic rings. The lowest BCUT2D eigenvalue weighted by Crippen LogP contribution is -2.08. The van der Waals surface area contributed by atoms with Crippen LogP contribution in [0.15, 0.2) is 0 Å². The molecule has 0 amide bonds. The monoisotopic (exact) mass is 189 g/mol. The van der Waals surface area contributed by atoms with Gasteiger partial charge in [-0.25, -0.2) is 9.97 Å². The Bertz CT molecular complexity index is 423. The van der Waals surface area contributed by atoms with E-state index in [1.165, 1.54) is 11.3 Å². The molecular formula is C11H15N3. The summed E-state index contributed by atoms with van der Waals surface area (Å²) < 4.78 is 0. The molecule has 3 heteroatoms. The minimum atomic E-state index is 0.431. The van der Waals surface area contributed by atoms with E-state index >= 15 is 0 Å². The fourth-order valence-corrected chi connectivity index (χ4v) is 3.13. The Hall–Kier alpha value is -1.12. The maximum atomic E-state index is 5.64. The summed E-state index contributed by atoms with van der Waals surface area (Å²) in [6.45, 7) is 6.72. The number of hydrogen-bond donors (Lipinski definition) is 1. The van der Waals surface area contributed by atoms with Crippen molar-refractivity contribution in [3.8, 4) is 0 Å². The Morgan fingerprint density at radius 2 is 2.07 bits per heavy atom. The molecule has 1 heterocycles. The van der Waals surface area contributed by atoms with Crippen LogP contribution in [0.25, 0.3) is 0 Å². The zero-order valence-electron chi connectivity index (χ0n) is 8.83. The number of aryl methyl sites for hydroxylation is 1. The number of nitrogens with two attached hydrogens (primary N) is 1. The molecule has 3 nitrogen and oxygen atoms in total. The van der Waals surface area contributed by atoms with Crippen molar-refractivity contribution < 1.29 is 0 Å². The fourth-order valence-electron chi connectivity index (χ4n) is 3.13. The van der Waals surface area contributed by atoms with Crippen LogP contribution < -0.4 is 5.73 Å². The van der Waals surface area contributed by atoms with Gasteiger partial charge >= 0.3 is 0 Å². The van der Waals surface area contributed by atoms with Crippen molar-refractivity contribution in [2.75, 3.05) is 5.73 Å². The van der Waals surface area contributed by atoms with Crippen LogP contribution in [-0.4, -0.2) is 9.97 Å². The van der Waals surface area contributed by atoms with E-state index in [1.54, 1.807) is 0 Å². The van der Waals surface area contributed by atoms with E-state index in [9.17, 15) is 0 Å². The lowest BCUT2D eigenvalue weighted by Gasteiger charge is -2.12. The van der Waals surface area contributed by atoms with Gasteiger partial charge in [-0.05, 0) is 36.2 Å². The highest BCUT2D eigenvalue weighted by Crippen LogP contribution is 2.70. The first kappa shape index (κ1) is 8.21. The molecule has 0 aromatic carbocycles. The Kier molecular flexibility index (Phi) is 1.23. The number of nitrogen functional groups attached to an aromatic ring is 1. The molecule has 1 aromatic heterocycles. The van der Waals surface area contributed by atoms with Crippen LogP contribution >= 0.6 is 0 Å². The summed E-state index contributed by atoms with van der Waals surface area (Å²) in [5.74, 6) is 1.91. The third-order valence-electron chi connectivity index (χ3n) is 4.01. The normalized spacial score (nSPS) is 31.1. The first-order chi connectivity index (χ1) is 6.51. The van der Waals surface area contributed by atoms with E-state index in [4.69, 9.17) is 5.73 Å². The minimum Gasteiger partial charge on any atom is -0.368 e. The fraction of sp³-hybridized carbons (Fsp3) is 0.636. The maximum Gasteiger partial charge on any atom is 0.220 e. The highest BCUT2D eigenvalue weighted by Gasteiger charge is 2.63. The van der Waals surface area contributed by atoms with Crippen molar-refractivity contribution in [3.63, 3.8) is 0 Å². The summed E-state index contributed by atoms with van der Waals surface area (Å²) >= 11 is 0. The average Bonchev–Trinajstić information content (AvgIpc) is 2.48. The summed E-state index contributed by atoms with van der Waals surface area (Å²) in [6, 6.07) is 0. The molecule has 0 aliphatic heterocycles. The molecule has 1 aromatic rings. The molecule has 0 spiro atoms. The zero-order valence-corrected chi connectivity index (χ0v) is 8.83. The second-order valence-corrected chi connectivity index (χ2v) is 5.14. The summed E-state index contributed by atoms with van der Waals surface area (Å²) in [5.41, 5.74) is 9.78. The van der Waals surface area contributed by atoms with Gasteiger partial charge in [0, 0.05) is 5.69 Å². The number of hydrogen-bond acceptors (Lipinski definition) is 3. The second-order valence-electron chi connectivity index (χ2n) is 5.14. The molecule has 2 aliphatic carbocycles. The predicted octanol–water partition coefficient (Wildman–Crippen LogP) is 1.66. The van der Waals surface area contributed by atoms with Gasteiger partial charge in [-0.1, -0.05) is 13.8 Å². The Labute approximate surface area is 83.8 Å². The molecule has 0 bridgehead atoms. The van der Waals surface area contributed by atoms with Gasteiger partial charge in [0.2, 0.25) is 5.95 Å². The van der Waals surface area contributed by atoms with E-state index in [2.05, 4.69) is 23.8 Å². The van der Waals surface area contributed by atoms with Crippen LogP contribution in [0, 0.1) is 18.3 Å². The maximum absolute atomic E-state index is 5.64. The van der Waals surface area contributed by atoms with Crippen molar-refractivity contribution in [2.24, 2.45) is 11.3 Å². The van der Waals surface area contributed by atoms with Crippen LogP contribution in [0.5, 0.6) is 0 Å². The van der Waals surface area contributed by atoms with Gasteiger partial charge < -0.3 is 5.73 Å². The molecule has 2 atom stereocenters. The third kappa shape index (κ3) is 0.781. The topological polar surface area (TPSA) is 51.8 Å². The molecule has 3 rings (SSSR count). The summed E-state index contributed by atoms with van der Waals surface area (Å²) in [6.07, 6.45) is 1.10. The van der Waals surface area contributed by atoms with Gasteiger partial charge in [0.25, 0.3) is 0 Å². The lowest BCUT2D eigenvalue weighted by atomic mass is 9.97. The van der Waals surface area contributed by atoms with Gasteiger partial charge in [0.05, 0.1) is 5.69 Å². The van der Waals surface area contributed by atoms with Crippen LogP contribution in [-0.2, 0) is 6.42 Å². The molecule has 1 saturated carbocycles. The number of aromatic nitrogens is 2. The van der Waals surface area contributed by atoms with Gasteiger partial charge in [-0.15, -0.1) is 0 Å². The van der Waals surface area contributed by atoms with Gasteiger partial charge in [0.1, 0.15) is 0 Å². The molecule has 2 N–H and O–H groups in total. The van der Waals surface area contributed by atoms with Crippen LogP contribution in [0.1, 0.15) is 36.7 Å². The molecule has 14 heavy (non-hydrogen) atoms. The standard InChI is InChI=1S/C11H15N3/c1-5-8-7(14-10(12)13-5)4-6-9(8)11(6,2)3/h6,9H,4H2,1-3H3,(H2,12,13,14)/t6-,9-/m1/s1. The van der Waals surface area contributed by atoms with Crippen LogP contribution in [0.2, 0.25) is 0 Å². The van der Waals surface area contributed by atoms with Gasteiger partial charge in [-0.3, -0.25) is 0 Å². The molecule has 0 unspecified atom stereocenters. The van der Waals surface area contributed by atoms with Crippen molar-refractivity contribution >= 4 is 5.95 Å². The van der Waals surface area contributed by atoms with Gasteiger partial charge in [0.15, 0.2) is 0 Å². The summed E-state index contributed by atoms with van der Waals surface area (Å²) in [5, 5.41) is 0. The number of rotatable bonds is 0. The molecule has 1 fully saturated rings. The van der Waals surface area contributed by atoms with Gasteiger partial charge in [-0.2, -0.15) is 0 Å². The number of fused-ring (bicyclic) bond motifs is 3. The van der Waals surface area contributed by atoms with Crippen molar-refractivity contribution in [3.05, 3.63) is 17.0 Å². The first-order valence-corrected chi connectivity index (χ1v) is 5.14. The van der Waals surface area contributed by atoms with E-state index in [1.807, 2.05) is 6.92 Å². The largest absolute Gasteiger partial charge is 0.368 e. The number of nitrogens with zero attached hydrogens (tertiary/aromatic N) is 2. The minimum absolute atomic E-state index is 0.431. The second kappa shape index (κ2) is 2.10. The molecule has 74 valence electrons. The summed E-state index contributed by atoms with van der Waals surface area (Å²) in [4.78, 5) is 8.58. The quantitative estimate of drug-likeness (QED) is 0.675. The molecular weight excluding hydrogens is 174 g/mol. The Balaban J connectivity index is 2.16. The molecule has 0 radical (unpaired) electrons. The zero-order chi connectivity index (χ0) is 10.1. The first-order valence-electron chi connectivity index (χ1n) is 5.14. The smallest absolute Gasteiger partial charge is 0.220 e. The van der Waals surface area contributed by atoms with E-state index in [0.29, 0.717) is 17.3 Å². The number of anilines is 1. The third-order valence-corrected chi connectivity index (χ3v) is 4.01. The lowest BCUT2D eigenvalue weighted by molar-refractivity contribution is 0.534. The highest BCUT2D eigenvalue weighted by atomic mass is 15.0. The highest BCUT2D eigenvalue weighted by molar-refractivity contribution is 5.46. The van der Waals surface area contributed by atoms with Crippen molar-refractivity contribution in [1.29, 1.82) is 0 Å². The van der Waals surface area contributed by atoms with E-state index in [0.717, 1.165) is 18.0 Å². The molecule has 0 saturated heterocycles. The predicted molar refractivity (Wildman–Crippen MR) is 54.9 cm³/mol. The van der Waals surface area contributed by atoms with E-state index < -0.39 is 0 Å². The van der Waals surface area contributed by atoms with Crippen LogP contribution in [0.4, 0.5) is 5.95 Å².